The first-order valence-corrected chi connectivity index (χ1v) is 6.81. The van der Waals surface area contributed by atoms with E-state index in [4.69, 9.17) is 0 Å². The molecule has 1 saturated heterocycles. The van der Waals surface area contributed by atoms with Crippen molar-refractivity contribution < 1.29 is 9.18 Å². The normalized spacial score (nSPS) is 15.8. The molecule has 0 atom stereocenters. The quantitative estimate of drug-likeness (QED) is 0.904. The molecule has 1 aliphatic heterocycles. The lowest BCUT2D eigenvalue weighted by molar-refractivity contribution is -0.132. The van der Waals surface area contributed by atoms with E-state index < -0.39 is 5.82 Å². The lowest BCUT2D eigenvalue weighted by Crippen LogP contribution is -2.39. The minimum Gasteiger partial charge on any atom is -0.341 e. The van der Waals surface area contributed by atoms with E-state index >= 15 is 0 Å². The number of H-pyrrole nitrogens is 1. The van der Waals surface area contributed by atoms with Gasteiger partial charge < -0.3 is 9.88 Å². The number of nitrogens with one attached hydrogen (secondary N) is 1. The third-order valence-electron chi connectivity index (χ3n) is 3.74. The zero-order valence-electron chi connectivity index (χ0n) is 11.1. The first kappa shape index (κ1) is 12.9. The lowest BCUT2D eigenvalue weighted by atomic mass is 10.1. The summed E-state index contributed by atoms with van der Waals surface area (Å²) in [6.45, 7) is 1.51. The van der Waals surface area contributed by atoms with Gasteiger partial charge in [0.15, 0.2) is 0 Å². The highest BCUT2D eigenvalue weighted by atomic mass is 19.1. The molecule has 0 saturated carbocycles. The molecule has 2 aromatic rings. The van der Waals surface area contributed by atoms with Crippen LogP contribution in [0.2, 0.25) is 0 Å². The van der Waals surface area contributed by atoms with Gasteiger partial charge in [-0.2, -0.15) is 0 Å². The molecule has 0 unspecified atom stereocenters. The summed E-state index contributed by atoms with van der Waals surface area (Å²) >= 11 is 0. The largest absolute Gasteiger partial charge is 0.341 e. The Hall–Kier alpha value is -2.11. The Morgan fingerprint density at radius 1 is 1.25 bits per heavy atom. The maximum atomic E-state index is 13.1. The highest BCUT2D eigenvalue weighted by Gasteiger charge is 2.18. The molecule has 1 aliphatic rings. The number of nitrogens with zero attached hydrogens (tertiary/aromatic N) is 2. The van der Waals surface area contributed by atoms with Crippen LogP contribution in [-0.2, 0) is 11.3 Å². The summed E-state index contributed by atoms with van der Waals surface area (Å²) in [6, 6.07) is 4.07. The molecule has 0 spiro atoms. The topological polar surface area (TPSA) is 58.1 Å². The van der Waals surface area contributed by atoms with Crippen molar-refractivity contribution in [3.63, 3.8) is 0 Å². The molecule has 1 fully saturated rings. The van der Waals surface area contributed by atoms with Gasteiger partial charge in [-0.1, -0.05) is 0 Å². The Bertz CT molecular complexity index is 698. The minimum absolute atomic E-state index is 0.00443. The monoisotopic (exact) mass is 277 g/mol. The summed E-state index contributed by atoms with van der Waals surface area (Å²) in [5, 5.41) is 0. The van der Waals surface area contributed by atoms with Crippen LogP contribution in [0.5, 0.6) is 0 Å². The van der Waals surface area contributed by atoms with Crippen LogP contribution in [0.15, 0.2) is 23.0 Å². The second-order valence-corrected chi connectivity index (χ2v) is 5.12. The van der Waals surface area contributed by atoms with Crippen LogP contribution in [0.3, 0.4) is 0 Å². The van der Waals surface area contributed by atoms with Crippen molar-refractivity contribution in [3.05, 3.63) is 34.5 Å². The number of benzene rings is 1. The molecule has 6 heteroatoms. The molecular formula is C14H16FN3O2. The zero-order valence-corrected chi connectivity index (χ0v) is 11.1. The van der Waals surface area contributed by atoms with Crippen LogP contribution < -0.4 is 5.69 Å². The summed E-state index contributed by atoms with van der Waals surface area (Å²) in [7, 11) is 0. The van der Waals surface area contributed by atoms with Gasteiger partial charge in [0.2, 0.25) is 5.91 Å². The number of rotatable bonds is 2. The third kappa shape index (κ3) is 2.33. The van der Waals surface area contributed by atoms with Crippen LogP contribution >= 0.6 is 0 Å². The highest BCUT2D eigenvalue weighted by Crippen LogP contribution is 2.13. The van der Waals surface area contributed by atoms with Crippen LogP contribution in [0.1, 0.15) is 19.3 Å². The van der Waals surface area contributed by atoms with Gasteiger partial charge >= 0.3 is 5.69 Å². The van der Waals surface area contributed by atoms with Crippen molar-refractivity contribution in [2.24, 2.45) is 0 Å². The number of fused-ring (bicyclic) bond motifs is 1. The van der Waals surface area contributed by atoms with Crippen molar-refractivity contribution in [1.29, 1.82) is 0 Å². The number of halogens is 1. The second-order valence-electron chi connectivity index (χ2n) is 5.12. The molecule has 0 aliphatic carbocycles. The number of hydrogen-bond acceptors (Lipinski definition) is 2. The van der Waals surface area contributed by atoms with Gasteiger partial charge in [-0.25, -0.2) is 9.18 Å². The van der Waals surface area contributed by atoms with Gasteiger partial charge in [-0.15, -0.1) is 0 Å². The highest BCUT2D eigenvalue weighted by molar-refractivity contribution is 5.80. The molecular weight excluding hydrogens is 261 g/mol. The smallest absolute Gasteiger partial charge is 0.326 e. The fourth-order valence-corrected chi connectivity index (χ4v) is 2.67. The fraction of sp³-hybridized carbons (Fsp3) is 0.429. The molecule has 1 aromatic carbocycles. The van der Waals surface area contributed by atoms with E-state index in [1.54, 1.807) is 4.90 Å². The van der Waals surface area contributed by atoms with E-state index in [1.165, 1.54) is 22.8 Å². The number of amides is 1. The third-order valence-corrected chi connectivity index (χ3v) is 3.74. The predicted octanol–water partition coefficient (Wildman–Crippen LogP) is 1.48. The minimum atomic E-state index is -0.409. The van der Waals surface area contributed by atoms with Crippen molar-refractivity contribution in [1.82, 2.24) is 14.5 Å². The molecule has 0 bridgehead atoms. The zero-order chi connectivity index (χ0) is 14.1. The van der Waals surface area contributed by atoms with E-state index in [9.17, 15) is 14.0 Å². The summed E-state index contributed by atoms with van der Waals surface area (Å²) in [5.41, 5.74) is 0.596. The maximum absolute atomic E-state index is 13.1. The molecule has 1 amide bonds. The van der Waals surface area contributed by atoms with Crippen LogP contribution in [0, 0.1) is 5.82 Å². The lowest BCUT2D eigenvalue weighted by Gasteiger charge is -2.26. The summed E-state index contributed by atoms with van der Waals surface area (Å²) in [4.78, 5) is 28.5. The molecule has 0 radical (unpaired) electrons. The molecule has 20 heavy (non-hydrogen) atoms. The van der Waals surface area contributed by atoms with E-state index in [0.29, 0.717) is 11.0 Å². The standard InChI is InChI=1S/C14H16FN3O2/c15-10-4-5-12-11(8-10)16-14(20)18(12)9-13(19)17-6-2-1-3-7-17/h4-5,8H,1-3,6-7,9H2,(H,16,20). The Labute approximate surface area is 115 Å². The number of aromatic amines is 1. The van der Waals surface area contributed by atoms with E-state index in [2.05, 4.69) is 4.98 Å². The van der Waals surface area contributed by atoms with Crippen molar-refractivity contribution >= 4 is 16.9 Å². The van der Waals surface area contributed by atoms with Gasteiger partial charge in [-0.05, 0) is 37.5 Å². The van der Waals surface area contributed by atoms with E-state index in [-0.39, 0.29) is 18.1 Å². The van der Waals surface area contributed by atoms with E-state index in [0.717, 1.165) is 32.4 Å². The first-order chi connectivity index (χ1) is 9.65. The molecule has 2 heterocycles. The first-order valence-electron chi connectivity index (χ1n) is 6.81. The molecule has 3 rings (SSSR count). The van der Waals surface area contributed by atoms with E-state index in [1.807, 2.05) is 0 Å². The number of carbonyl (C=O) groups is 1. The van der Waals surface area contributed by atoms with Crippen molar-refractivity contribution in [3.8, 4) is 0 Å². The Morgan fingerprint density at radius 3 is 2.75 bits per heavy atom. The summed E-state index contributed by atoms with van der Waals surface area (Å²) in [5.74, 6) is -0.467. The number of carbonyl (C=O) groups excluding carboxylic acids is 1. The van der Waals surface area contributed by atoms with Crippen LogP contribution in [0.4, 0.5) is 4.39 Å². The van der Waals surface area contributed by atoms with Gasteiger partial charge in [0.25, 0.3) is 0 Å². The van der Waals surface area contributed by atoms with Crippen molar-refractivity contribution in [2.45, 2.75) is 25.8 Å². The van der Waals surface area contributed by atoms with Gasteiger partial charge in [-0.3, -0.25) is 9.36 Å². The molecule has 1 aromatic heterocycles. The SMILES string of the molecule is O=C(Cn1c(=O)[nH]c2cc(F)ccc21)N1CCCCC1. The Morgan fingerprint density at radius 2 is 2.00 bits per heavy atom. The second kappa shape index (κ2) is 5.11. The van der Waals surface area contributed by atoms with Crippen molar-refractivity contribution in [2.75, 3.05) is 13.1 Å². The van der Waals surface area contributed by atoms with Crippen LogP contribution in [0.25, 0.3) is 11.0 Å². The number of likely N-dealkylation sites (tertiary alicyclic amines) is 1. The number of aromatic nitrogens is 2. The average molecular weight is 277 g/mol. The van der Waals surface area contributed by atoms with Gasteiger partial charge in [0.1, 0.15) is 12.4 Å². The number of piperidine rings is 1. The average Bonchev–Trinajstić information content (AvgIpc) is 2.75. The van der Waals surface area contributed by atoms with Gasteiger partial charge in [0, 0.05) is 13.1 Å². The molecule has 5 nitrogen and oxygen atoms in total. The number of imidazole rings is 1. The fourth-order valence-electron chi connectivity index (χ4n) is 2.67. The predicted molar refractivity (Wildman–Crippen MR) is 72.9 cm³/mol. The Kier molecular flexibility index (Phi) is 3.30. The number of hydrogen-bond donors (Lipinski definition) is 1. The summed E-state index contributed by atoms with van der Waals surface area (Å²) in [6.07, 6.45) is 3.18. The van der Waals surface area contributed by atoms with Gasteiger partial charge in [0.05, 0.1) is 11.0 Å². The van der Waals surface area contributed by atoms with Crippen LogP contribution in [-0.4, -0.2) is 33.4 Å². The summed E-state index contributed by atoms with van der Waals surface area (Å²) < 4.78 is 14.5. The maximum Gasteiger partial charge on any atom is 0.326 e. The Balaban J connectivity index is 1.88. The molecule has 106 valence electrons. The molecule has 1 N–H and O–H groups in total.